The zero-order chi connectivity index (χ0) is 18.2. The molecule has 6 heteroatoms. The van der Waals surface area contributed by atoms with E-state index >= 15 is 0 Å². The first-order valence-corrected chi connectivity index (χ1v) is 8.82. The molecule has 1 aliphatic heterocycles. The Hall–Kier alpha value is -1.92. The average molecular weight is 345 g/mol. The number of nitrogens with zero attached hydrogens (tertiary/aromatic N) is 3. The number of carbonyl (C=O) groups is 1. The molecule has 0 aliphatic carbocycles. The Bertz CT molecular complexity index is 777. The predicted molar refractivity (Wildman–Crippen MR) is 95.2 cm³/mol. The van der Waals surface area contributed by atoms with Crippen LogP contribution in [0.4, 0.5) is 0 Å². The van der Waals surface area contributed by atoms with Crippen molar-refractivity contribution in [1.82, 2.24) is 14.6 Å². The summed E-state index contributed by atoms with van der Waals surface area (Å²) >= 11 is 0. The molecule has 6 nitrogen and oxygen atoms in total. The van der Waals surface area contributed by atoms with Crippen molar-refractivity contribution in [2.24, 2.45) is 5.41 Å². The summed E-state index contributed by atoms with van der Waals surface area (Å²) in [7, 11) is 0. The quantitative estimate of drug-likeness (QED) is 0.844. The lowest BCUT2D eigenvalue weighted by atomic mass is 9.82. The Kier molecular flexibility index (Phi) is 4.84. The van der Waals surface area contributed by atoms with Gasteiger partial charge in [-0.05, 0) is 46.2 Å². The number of hydrogen-bond acceptors (Lipinski definition) is 5. The first kappa shape index (κ1) is 17.9. The number of aliphatic hydroxyl groups is 1. The lowest BCUT2D eigenvalue weighted by molar-refractivity contribution is 0.0445. The number of piperidine rings is 1. The van der Waals surface area contributed by atoms with Crippen LogP contribution < -0.4 is 0 Å². The summed E-state index contributed by atoms with van der Waals surface area (Å²) in [5, 5.41) is 13.7. The summed E-state index contributed by atoms with van der Waals surface area (Å²) in [5.74, 6) is 1.56. The van der Waals surface area contributed by atoms with E-state index in [1.807, 2.05) is 37.5 Å². The SMILES string of the molecule is Cc1cc(-n2c(C)cc(C(=O)CN3CCCC(C)(CO)C3)c2C)no1. The summed E-state index contributed by atoms with van der Waals surface area (Å²) in [6.07, 6.45) is 2.02. The van der Waals surface area contributed by atoms with E-state index in [0.717, 1.165) is 48.6 Å². The number of likely N-dealkylation sites (tertiary alicyclic amines) is 1. The van der Waals surface area contributed by atoms with Crippen LogP contribution in [0.3, 0.4) is 0 Å². The van der Waals surface area contributed by atoms with E-state index in [9.17, 15) is 9.90 Å². The topological polar surface area (TPSA) is 71.5 Å². The normalized spacial score (nSPS) is 21.6. The summed E-state index contributed by atoms with van der Waals surface area (Å²) < 4.78 is 7.12. The second kappa shape index (κ2) is 6.77. The summed E-state index contributed by atoms with van der Waals surface area (Å²) in [4.78, 5) is 15.0. The van der Waals surface area contributed by atoms with Gasteiger partial charge in [0.1, 0.15) is 5.76 Å². The first-order chi connectivity index (χ1) is 11.8. The van der Waals surface area contributed by atoms with Crippen LogP contribution in [0, 0.1) is 26.2 Å². The van der Waals surface area contributed by atoms with Crippen LogP contribution in [-0.2, 0) is 0 Å². The van der Waals surface area contributed by atoms with E-state index in [2.05, 4.69) is 17.0 Å². The Morgan fingerprint density at radius 3 is 2.76 bits per heavy atom. The van der Waals surface area contributed by atoms with Crippen molar-refractivity contribution in [2.75, 3.05) is 26.2 Å². The van der Waals surface area contributed by atoms with Gasteiger partial charge in [-0.1, -0.05) is 12.1 Å². The molecule has 25 heavy (non-hydrogen) atoms. The van der Waals surface area contributed by atoms with Gasteiger partial charge in [0, 0.05) is 41.6 Å². The zero-order valence-corrected chi connectivity index (χ0v) is 15.5. The maximum absolute atomic E-state index is 12.9. The number of rotatable bonds is 5. The van der Waals surface area contributed by atoms with Crippen LogP contribution in [0.1, 0.15) is 47.3 Å². The van der Waals surface area contributed by atoms with Gasteiger partial charge in [-0.2, -0.15) is 0 Å². The number of aryl methyl sites for hydroxylation is 2. The highest BCUT2D eigenvalue weighted by Gasteiger charge is 2.31. The number of Topliss-reactive ketones (excluding diaryl/α,β-unsaturated/α-hetero) is 1. The molecule has 0 saturated carbocycles. The van der Waals surface area contributed by atoms with Crippen LogP contribution in [-0.4, -0.2) is 51.8 Å². The summed E-state index contributed by atoms with van der Waals surface area (Å²) in [6.45, 7) is 10.1. The van der Waals surface area contributed by atoms with Crippen molar-refractivity contribution < 1.29 is 14.4 Å². The molecule has 2 aromatic heterocycles. The Morgan fingerprint density at radius 2 is 2.12 bits per heavy atom. The molecule has 1 saturated heterocycles. The minimum Gasteiger partial charge on any atom is -0.396 e. The number of carbonyl (C=O) groups excluding carboxylic acids is 1. The Labute approximate surface area is 148 Å². The second-order valence-electron chi connectivity index (χ2n) is 7.62. The third-order valence-corrected chi connectivity index (χ3v) is 5.19. The molecule has 2 aromatic rings. The fraction of sp³-hybridized carbons (Fsp3) is 0.579. The van der Waals surface area contributed by atoms with Crippen LogP contribution in [0.2, 0.25) is 0 Å². The highest BCUT2D eigenvalue weighted by Crippen LogP contribution is 2.29. The molecule has 0 aromatic carbocycles. The van der Waals surface area contributed by atoms with E-state index < -0.39 is 0 Å². The molecule has 3 rings (SSSR count). The van der Waals surface area contributed by atoms with Gasteiger partial charge in [0.25, 0.3) is 0 Å². The molecule has 0 amide bonds. The lowest BCUT2D eigenvalue weighted by Gasteiger charge is -2.39. The van der Waals surface area contributed by atoms with Crippen LogP contribution >= 0.6 is 0 Å². The van der Waals surface area contributed by atoms with E-state index in [-0.39, 0.29) is 17.8 Å². The minimum atomic E-state index is -0.104. The number of ketones is 1. The third kappa shape index (κ3) is 3.55. The number of aromatic nitrogens is 2. The molecular formula is C19H27N3O3. The fourth-order valence-electron chi connectivity index (χ4n) is 3.84. The number of hydrogen-bond donors (Lipinski definition) is 1. The molecular weight excluding hydrogens is 318 g/mol. The largest absolute Gasteiger partial charge is 0.396 e. The van der Waals surface area contributed by atoms with Gasteiger partial charge < -0.3 is 9.63 Å². The van der Waals surface area contributed by atoms with Gasteiger partial charge in [-0.15, -0.1) is 0 Å². The maximum Gasteiger partial charge on any atom is 0.180 e. The molecule has 1 N–H and O–H groups in total. The van der Waals surface area contributed by atoms with Gasteiger partial charge in [-0.3, -0.25) is 14.3 Å². The molecule has 1 aliphatic rings. The third-order valence-electron chi connectivity index (χ3n) is 5.19. The van der Waals surface area contributed by atoms with Crippen LogP contribution in [0.25, 0.3) is 5.82 Å². The number of aliphatic hydroxyl groups excluding tert-OH is 1. The van der Waals surface area contributed by atoms with E-state index in [4.69, 9.17) is 4.52 Å². The van der Waals surface area contributed by atoms with Crippen molar-refractivity contribution in [3.8, 4) is 5.82 Å². The second-order valence-corrected chi connectivity index (χ2v) is 7.62. The molecule has 0 bridgehead atoms. The van der Waals surface area contributed by atoms with Crippen molar-refractivity contribution in [3.05, 3.63) is 34.8 Å². The van der Waals surface area contributed by atoms with Crippen molar-refractivity contribution in [2.45, 2.75) is 40.5 Å². The van der Waals surface area contributed by atoms with E-state index in [0.29, 0.717) is 12.4 Å². The van der Waals surface area contributed by atoms with Crippen molar-refractivity contribution in [3.63, 3.8) is 0 Å². The van der Waals surface area contributed by atoms with Gasteiger partial charge in [0.05, 0.1) is 6.54 Å². The highest BCUT2D eigenvalue weighted by molar-refractivity contribution is 5.99. The highest BCUT2D eigenvalue weighted by atomic mass is 16.5. The van der Waals surface area contributed by atoms with E-state index in [1.54, 1.807) is 0 Å². The Morgan fingerprint density at radius 1 is 1.36 bits per heavy atom. The standard InChI is InChI=1S/C19H27N3O3/c1-13-8-16(15(3)22(13)18-9-14(2)25-20-18)17(24)10-21-7-5-6-19(4,11-21)12-23/h8-9,23H,5-7,10-12H2,1-4H3. The van der Waals surface area contributed by atoms with Gasteiger partial charge in [0.2, 0.25) is 0 Å². The Balaban J connectivity index is 1.79. The average Bonchev–Trinajstić information content (AvgIpc) is 3.10. The summed E-state index contributed by atoms with van der Waals surface area (Å²) in [5.41, 5.74) is 2.48. The van der Waals surface area contributed by atoms with Crippen LogP contribution in [0.5, 0.6) is 0 Å². The molecule has 3 heterocycles. The molecule has 1 atom stereocenters. The van der Waals surface area contributed by atoms with Gasteiger partial charge in [-0.25, -0.2) is 0 Å². The van der Waals surface area contributed by atoms with Gasteiger partial charge >= 0.3 is 0 Å². The molecule has 0 spiro atoms. The molecule has 1 fully saturated rings. The van der Waals surface area contributed by atoms with Crippen LogP contribution in [0.15, 0.2) is 16.7 Å². The van der Waals surface area contributed by atoms with Crippen molar-refractivity contribution >= 4 is 5.78 Å². The molecule has 136 valence electrons. The van der Waals surface area contributed by atoms with Gasteiger partial charge in [0.15, 0.2) is 11.6 Å². The lowest BCUT2D eigenvalue weighted by Crippen LogP contribution is -2.45. The van der Waals surface area contributed by atoms with Crippen molar-refractivity contribution in [1.29, 1.82) is 0 Å². The fourth-order valence-corrected chi connectivity index (χ4v) is 3.84. The zero-order valence-electron chi connectivity index (χ0n) is 15.5. The smallest absolute Gasteiger partial charge is 0.180 e. The molecule has 0 radical (unpaired) electrons. The predicted octanol–water partition coefficient (Wildman–Crippen LogP) is 2.67. The summed E-state index contributed by atoms with van der Waals surface area (Å²) in [6, 6.07) is 3.79. The minimum absolute atomic E-state index is 0.104. The first-order valence-electron chi connectivity index (χ1n) is 8.82. The monoisotopic (exact) mass is 345 g/mol. The molecule has 1 unspecified atom stereocenters. The maximum atomic E-state index is 12.9. The van der Waals surface area contributed by atoms with E-state index in [1.165, 1.54) is 0 Å².